The first-order valence-electron chi connectivity index (χ1n) is 5.46. The summed E-state index contributed by atoms with van der Waals surface area (Å²) in [5.41, 5.74) is 0. The van der Waals surface area contributed by atoms with E-state index in [4.69, 9.17) is 0 Å². The van der Waals surface area contributed by atoms with Crippen molar-refractivity contribution in [2.45, 2.75) is 0 Å². The van der Waals surface area contributed by atoms with Crippen molar-refractivity contribution in [3.63, 3.8) is 0 Å². The molecule has 2 N–H and O–H groups in total. The molecule has 0 aliphatic carbocycles. The molecule has 0 bridgehead atoms. The van der Waals surface area contributed by atoms with Gasteiger partial charge >= 0.3 is 0 Å². The van der Waals surface area contributed by atoms with Crippen molar-refractivity contribution in [2.75, 3.05) is 38.0 Å². The second kappa shape index (κ2) is 5.09. The molecule has 0 aromatic carbocycles. The molecule has 88 valence electrons. The maximum atomic E-state index is 11.7. The fourth-order valence-electron chi connectivity index (χ4n) is 1.74. The topological polar surface area (TPSA) is 62.2 Å². The lowest BCUT2D eigenvalue weighted by atomic mass is 10.3. The molecule has 6 nitrogen and oxygen atoms in total. The number of piperazine rings is 1. The quantitative estimate of drug-likeness (QED) is 0.709. The van der Waals surface area contributed by atoms with Gasteiger partial charge in [0, 0.05) is 45.5 Å². The van der Waals surface area contributed by atoms with Crippen LogP contribution in [0.2, 0.25) is 0 Å². The van der Waals surface area contributed by atoms with Crippen LogP contribution in [-0.2, 0) is 11.8 Å². The molecule has 0 atom stereocenters. The smallest absolute Gasteiger partial charge is 0.239 e. The molecule has 16 heavy (non-hydrogen) atoms. The molecule has 1 aromatic rings. The molecule has 1 amide bonds. The Hall–Kier alpha value is -1.40. The van der Waals surface area contributed by atoms with Crippen molar-refractivity contribution >= 4 is 11.7 Å². The highest BCUT2D eigenvalue weighted by Gasteiger charge is 2.13. The van der Waals surface area contributed by atoms with E-state index in [1.807, 2.05) is 7.05 Å². The Morgan fingerprint density at radius 2 is 2.31 bits per heavy atom. The lowest BCUT2D eigenvalue weighted by Gasteiger charge is -2.26. The Kier molecular flexibility index (Phi) is 3.53. The molecule has 0 radical (unpaired) electrons. The molecule has 0 saturated carbocycles. The van der Waals surface area contributed by atoms with E-state index in [-0.39, 0.29) is 5.91 Å². The molecule has 2 heterocycles. The van der Waals surface area contributed by atoms with Gasteiger partial charge in [0.1, 0.15) is 0 Å². The third kappa shape index (κ3) is 3.04. The summed E-state index contributed by atoms with van der Waals surface area (Å²) < 4.78 is 1.67. The SMILES string of the molecule is Cn1ccc(NC(=O)CN2CCNCC2)n1. The molecule has 1 aliphatic rings. The maximum Gasteiger partial charge on any atom is 0.239 e. The van der Waals surface area contributed by atoms with Gasteiger partial charge in [-0.25, -0.2) is 0 Å². The lowest BCUT2D eigenvalue weighted by Crippen LogP contribution is -2.46. The molecule has 1 aliphatic heterocycles. The van der Waals surface area contributed by atoms with Crippen molar-refractivity contribution in [3.8, 4) is 0 Å². The summed E-state index contributed by atoms with van der Waals surface area (Å²) in [7, 11) is 1.83. The Balaban J connectivity index is 1.79. The number of carbonyl (C=O) groups excluding carboxylic acids is 1. The molecule has 1 saturated heterocycles. The summed E-state index contributed by atoms with van der Waals surface area (Å²) in [5.74, 6) is 0.614. The maximum absolute atomic E-state index is 11.7. The van der Waals surface area contributed by atoms with Gasteiger partial charge in [-0.05, 0) is 0 Å². The van der Waals surface area contributed by atoms with Gasteiger partial charge < -0.3 is 10.6 Å². The fraction of sp³-hybridized carbons (Fsp3) is 0.600. The molecular formula is C10H17N5O. The van der Waals surface area contributed by atoms with Gasteiger partial charge in [0.25, 0.3) is 0 Å². The third-order valence-electron chi connectivity index (χ3n) is 2.56. The number of carbonyl (C=O) groups is 1. The van der Waals surface area contributed by atoms with Gasteiger partial charge in [0.2, 0.25) is 5.91 Å². The van der Waals surface area contributed by atoms with Gasteiger partial charge in [-0.15, -0.1) is 0 Å². The molecular weight excluding hydrogens is 206 g/mol. The van der Waals surface area contributed by atoms with Gasteiger partial charge in [-0.1, -0.05) is 0 Å². The van der Waals surface area contributed by atoms with Crippen LogP contribution in [0.4, 0.5) is 5.82 Å². The van der Waals surface area contributed by atoms with Crippen molar-refractivity contribution < 1.29 is 4.79 Å². The van der Waals surface area contributed by atoms with Crippen molar-refractivity contribution in [1.82, 2.24) is 20.0 Å². The molecule has 2 rings (SSSR count). The van der Waals surface area contributed by atoms with Crippen LogP contribution < -0.4 is 10.6 Å². The Bertz CT molecular complexity index is 356. The van der Waals surface area contributed by atoms with Crippen LogP contribution in [-0.4, -0.2) is 53.3 Å². The van der Waals surface area contributed by atoms with E-state index in [1.54, 1.807) is 16.9 Å². The van der Waals surface area contributed by atoms with Gasteiger partial charge in [-0.2, -0.15) is 5.10 Å². The van der Waals surface area contributed by atoms with Gasteiger partial charge in [0.15, 0.2) is 5.82 Å². The fourth-order valence-corrected chi connectivity index (χ4v) is 1.74. The van der Waals surface area contributed by atoms with E-state index in [9.17, 15) is 4.79 Å². The summed E-state index contributed by atoms with van der Waals surface area (Å²) in [5, 5.41) is 10.1. The zero-order valence-electron chi connectivity index (χ0n) is 9.44. The monoisotopic (exact) mass is 223 g/mol. The Morgan fingerprint density at radius 3 is 2.94 bits per heavy atom. The second-order valence-corrected chi connectivity index (χ2v) is 3.95. The summed E-state index contributed by atoms with van der Waals surface area (Å²) in [4.78, 5) is 13.8. The number of aryl methyl sites for hydroxylation is 1. The zero-order valence-corrected chi connectivity index (χ0v) is 9.44. The third-order valence-corrected chi connectivity index (χ3v) is 2.56. The number of anilines is 1. The second-order valence-electron chi connectivity index (χ2n) is 3.95. The molecule has 0 unspecified atom stereocenters. The molecule has 1 fully saturated rings. The summed E-state index contributed by atoms with van der Waals surface area (Å²) in [6.07, 6.45) is 1.81. The van der Waals surface area contributed by atoms with E-state index in [0.29, 0.717) is 12.4 Å². The number of hydrogen-bond donors (Lipinski definition) is 2. The lowest BCUT2D eigenvalue weighted by molar-refractivity contribution is -0.117. The highest BCUT2D eigenvalue weighted by molar-refractivity contribution is 5.91. The highest BCUT2D eigenvalue weighted by Crippen LogP contribution is 2.01. The minimum absolute atomic E-state index is 0.000556. The van der Waals surface area contributed by atoms with Crippen molar-refractivity contribution in [3.05, 3.63) is 12.3 Å². The highest BCUT2D eigenvalue weighted by atomic mass is 16.2. The largest absolute Gasteiger partial charge is 0.314 e. The number of aromatic nitrogens is 2. The van der Waals surface area contributed by atoms with Crippen LogP contribution in [0, 0.1) is 0 Å². The molecule has 6 heteroatoms. The van der Waals surface area contributed by atoms with Crippen molar-refractivity contribution in [1.29, 1.82) is 0 Å². The summed E-state index contributed by atoms with van der Waals surface area (Å²) in [6, 6.07) is 1.79. The Labute approximate surface area is 94.6 Å². The van der Waals surface area contributed by atoms with Crippen LogP contribution >= 0.6 is 0 Å². The number of nitrogens with zero attached hydrogens (tertiary/aromatic N) is 3. The first kappa shape index (κ1) is 11.1. The minimum atomic E-state index is 0.000556. The number of nitrogens with one attached hydrogen (secondary N) is 2. The van der Waals surface area contributed by atoms with Crippen LogP contribution in [0.5, 0.6) is 0 Å². The molecule has 0 spiro atoms. The Morgan fingerprint density at radius 1 is 1.56 bits per heavy atom. The zero-order chi connectivity index (χ0) is 11.4. The summed E-state index contributed by atoms with van der Waals surface area (Å²) >= 11 is 0. The van der Waals surface area contributed by atoms with Crippen molar-refractivity contribution in [2.24, 2.45) is 7.05 Å². The average molecular weight is 223 g/mol. The average Bonchev–Trinajstić information content (AvgIpc) is 2.65. The number of hydrogen-bond acceptors (Lipinski definition) is 4. The predicted molar refractivity (Wildman–Crippen MR) is 61.1 cm³/mol. The van der Waals surface area contributed by atoms with E-state index in [1.165, 1.54) is 0 Å². The molecule has 1 aromatic heterocycles. The van der Waals surface area contributed by atoms with Crippen LogP contribution in [0.1, 0.15) is 0 Å². The standard InChI is InChI=1S/C10H17N5O/c1-14-5-2-9(13-14)12-10(16)8-15-6-3-11-4-7-15/h2,5,11H,3-4,6-8H2,1H3,(H,12,13,16). The normalized spacial score (nSPS) is 17.3. The number of rotatable bonds is 3. The van der Waals surface area contributed by atoms with E-state index in [2.05, 4.69) is 20.6 Å². The van der Waals surface area contributed by atoms with E-state index >= 15 is 0 Å². The first-order valence-corrected chi connectivity index (χ1v) is 5.46. The van der Waals surface area contributed by atoms with Gasteiger partial charge in [-0.3, -0.25) is 14.4 Å². The number of amides is 1. The van der Waals surface area contributed by atoms with E-state index in [0.717, 1.165) is 26.2 Å². The van der Waals surface area contributed by atoms with E-state index < -0.39 is 0 Å². The van der Waals surface area contributed by atoms with Gasteiger partial charge in [0.05, 0.1) is 6.54 Å². The predicted octanol–water partition coefficient (Wildman–Crippen LogP) is -0.736. The first-order chi connectivity index (χ1) is 7.74. The van der Waals surface area contributed by atoms with Crippen LogP contribution in [0.15, 0.2) is 12.3 Å². The minimum Gasteiger partial charge on any atom is -0.314 e. The van der Waals surface area contributed by atoms with Crippen LogP contribution in [0.25, 0.3) is 0 Å². The van der Waals surface area contributed by atoms with Crippen LogP contribution in [0.3, 0.4) is 0 Å². The summed E-state index contributed by atoms with van der Waals surface area (Å²) in [6.45, 7) is 4.21.